The van der Waals surface area contributed by atoms with Crippen molar-refractivity contribution in [2.24, 2.45) is 5.73 Å². The van der Waals surface area contributed by atoms with E-state index in [1.807, 2.05) is 40.4 Å². The molecule has 20 heavy (non-hydrogen) atoms. The molecule has 2 N–H and O–H groups in total. The molecular formula is C14H14BrN3OS. The van der Waals surface area contributed by atoms with E-state index < -0.39 is 0 Å². The Bertz CT molecular complexity index is 708. The van der Waals surface area contributed by atoms with Crippen LogP contribution in [0.4, 0.5) is 0 Å². The standard InChI is InChI=1S/C14H14BrN3OS/c1-19-10-2-3-12(15)11(7-10)13(16)6-9-8-18-4-5-20-14(18)17-9/h2-5,7-8,13H,6,16H2,1H3. The molecule has 1 unspecified atom stereocenters. The number of ether oxygens (including phenoxy) is 1. The zero-order valence-corrected chi connectivity index (χ0v) is 13.3. The lowest BCUT2D eigenvalue weighted by Gasteiger charge is -2.14. The maximum absolute atomic E-state index is 6.31. The number of thiazole rings is 1. The van der Waals surface area contributed by atoms with Crippen molar-refractivity contribution < 1.29 is 4.74 Å². The van der Waals surface area contributed by atoms with Crippen LogP contribution in [0.3, 0.4) is 0 Å². The number of fused-ring (bicyclic) bond motifs is 1. The van der Waals surface area contributed by atoms with Gasteiger partial charge in [-0.15, -0.1) is 11.3 Å². The lowest BCUT2D eigenvalue weighted by Crippen LogP contribution is -2.14. The van der Waals surface area contributed by atoms with Crippen molar-refractivity contribution in [1.29, 1.82) is 0 Å². The smallest absolute Gasteiger partial charge is 0.193 e. The molecule has 0 aliphatic rings. The van der Waals surface area contributed by atoms with Crippen LogP contribution >= 0.6 is 27.3 Å². The summed E-state index contributed by atoms with van der Waals surface area (Å²) in [6, 6.07) is 5.71. The minimum absolute atomic E-state index is 0.121. The predicted octanol–water partition coefficient (Wildman–Crippen LogP) is 3.41. The SMILES string of the molecule is COc1ccc(Br)c(C(N)Cc2cn3ccsc3n2)c1. The number of rotatable bonds is 4. The van der Waals surface area contributed by atoms with Gasteiger partial charge in [0, 0.05) is 34.7 Å². The fraction of sp³-hybridized carbons (Fsp3) is 0.214. The highest BCUT2D eigenvalue weighted by molar-refractivity contribution is 9.10. The zero-order valence-electron chi connectivity index (χ0n) is 10.9. The molecule has 0 spiro atoms. The number of aromatic nitrogens is 2. The molecule has 0 fully saturated rings. The van der Waals surface area contributed by atoms with Gasteiger partial charge in [0.1, 0.15) is 5.75 Å². The zero-order chi connectivity index (χ0) is 14.1. The minimum Gasteiger partial charge on any atom is -0.497 e. The number of hydrogen-bond acceptors (Lipinski definition) is 4. The van der Waals surface area contributed by atoms with Crippen LogP contribution in [0, 0.1) is 0 Å². The molecule has 3 rings (SSSR count). The van der Waals surface area contributed by atoms with E-state index in [4.69, 9.17) is 10.5 Å². The van der Waals surface area contributed by atoms with Crippen molar-refractivity contribution in [3.63, 3.8) is 0 Å². The third-order valence-electron chi connectivity index (χ3n) is 3.17. The number of nitrogens with two attached hydrogens (primary N) is 1. The van der Waals surface area contributed by atoms with Gasteiger partial charge in [0.2, 0.25) is 0 Å². The van der Waals surface area contributed by atoms with Gasteiger partial charge >= 0.3 is 0 Å². The van der Waals surface area contributed by atoms with E-state index in [0.717, 1.165) is 26.4 Å². The van der Waals surface area contributed by atoms with Crippen LogP contribution in [0.5, 0.6) is 5.75 Å². The first-order valence-electron chi connectivity index (χ1n) is 6.17. The molecule has 0 radical (unpaired) electrons. The Hall–Kier alpha value is -1.37. The van der Waals surface area contributed by atoms with Gasteiger partial charge in [0.25, 0.3) is 0 Å². The Morgan fingerprint density at radius 2 is 2.35 bits per heavy atom. The van der Waals surface area contributed by atoms with Crippen LogP contribution in [0.2, 0.25) is 0 Å². The number of halogens is 1. The Labute approximate surface area is 129 Å². The fourth-order valence-corrected chi connectivity index (χ4v) is 3.40. The summed E-state index contributed by atoms with van der Waals surface area (Å²) < 4.78 is 8.26. The maximum atomic E-state index is 6.31. The summed E-state index contributed by atoms with van der Waals surface area (Å²) in [6.45, 7) is 0. The van der Waals surface area contributed by atoms with Gasteiger partial charge in [-0.3, -0.25) is 4.40 Å². The highest BCUT2D eigenvalue weighted by atomic mass is 79.9. The van der Waals surface area contributed by atoms with E-state index in [9.17, 15) is 0 Å². The molecule has 0 aliphatic heterocycles. The van der Waals surface area contributed by atoms with Crippen LogP contribution < -0.4 is 10.5 Å². The summed E-state index contributed by atoms with van der Waals surface area (Å²) in [5.41, 5.74) is 8.34. The van der Waals surface area contributed by atoms with Crippen molar-refractivity contribution in [2.75, 3.05) is 7.11 Å². The van der Waals surface area contributed by atoms with E-state index in [-0.39, 0.29) is 6.04 Å². The second-order valence-corrected chi connectivity index (χ2v) is 6.25. The van der Waals surface area contributed by atoms with Crippen LogP contribution in [0.1, 0.15) is 17.3 Å². The normalized spacial score (nSPS) is 12.8. The Morgan fingerprint density at radius 3 is 3.10 bits per heavy atom. The Balaban J connectivity index is 1.85. The summed E-state index contributed by atoms with van der Waals surface area (Å²) in [4.78, 5) is 5.56. The third-order valence-corrected chi connectivity index (χ3v) is 4.67. The lowest BCUT2D eigenvalue weighted by molar-refractivity contribution is 0.413. The average Bonchev–Trinajstić information content (AvgIpc) is 3.00. The molecule has 4 nitrogen and oxygen atoms in total. The first-order chi connectivity index (χ1) is 9.67. The quantitative estimate of drug-likeness (QED) is 0.783. The highest BCUT2D eigenvalue weighted by Crippen LogP contribution is 2.28. The molecule has 2 heterocycles. The molecule has 0 saturated carbocycles. The molecule has 0 bridgehead atoms. The highest BCUT2D eigenvalue weighted by Gasteiger charge is 2.14. The molecular weight excluding hydrogens is 338 g/mol. The van der Waals surface area contributed by atoms with E-state index in [1.165, 1.54) is 0 Å². The monoisotopic (exact) mass is 351 g/mol. The largest absolute Gasteiger partial charge is 0.497 e. The molecule has 6 heteroatoms. The van der Waals surface area contributed by atoms with Crippen molar-refractivity contribution >= 4 is 32.2 Å². The van der Waals surface area contributed by atoms with Gasteiger partial charge in [0.15, 0.2) is 4.96 Å². The molecule has 1 aromatic carbocycles. The van der Waals surface area contributed by atoms with Gasteiger partial charge in [-0.1, -0.05) is 15.9 Å². The number of hydrogen-bond donors (Lipinski definition) is 1. The first kappa shape index (κ1) is 13.6. The average molecular weight is 352 g/mol. The number of benzene rings is 1. The molecule has 0 saturated heterocycles. The molecule has 1 atom stereocenters. The predicted molar refractivity (Wildman–Crippen MR) is 84.4 cm³/mol. The van der Waals surface area contributed by atoms with Crippen molar-refractivity contribution in [1.82, 2.24) is 9.38 Å². The fourth-order valence-electron chi connectivity index (χ4n) is 2.14. The molecule has 2 aromatic heterocycles. The summed E-state index contributed by atoms with van der Waals surface area (Å²) in [6.07, 6.45) is 4.73. The van der Waals surface area contributed by atoms with Gasteiger partial charge < -0.3 is 10.5 Å². The second kappa shape index (κ2) is 5.55. The van der Waals surface area contributed by atoms with E-state index in [2.05, 4.69) is 20.9 Å². The number of methoxy groups -OCH3 is 1. The molecule has 3 aromatic rings. The van der Waals surface area contributed by atoms with Gasteiger partial charge in [-0.25, -0.2) is 4.98 Å². The van der Waals surface area contributed by atoms with E-state index in [1.54, 1.807) is 18.4 Å². The molecule has 104 valence electrons. The van der Waals surface area contributed by atoms with E-state index >= 15 is 0 Å². The topological polar surface area (TPSA) is 52.5 Å². The first-order valence-corrected chi connectivity index (χ1v) is 7.84. The van der Waals surface area contributed by atoms with Crippen LogP contribution in [0.25, 0.3) is 4.96 Å². The number of imidazole rings is 1. The Kier molecular flexibility index (Phi) is 3.78. The molecule has 0 amide bonds. The summed E-state index contributed by atoms with van der Waals surface area (Å²) >= 11 is 5.16. The van der Waals surface area contributed by atoms with Crippen LogP contribution in [-0.2, 0) is 6.42 Å². The second-order valence-electron chi connectivity index (χ2n) is 4.52. The summed E-state index contributed by atoms with van der Waals surface area (Å²) in [5.74, 6) is 0.810. The van der Waals surface area contributed by atoms with E-state index in [0.29, 0.717) is 6.42 Å². The van der Waals surface area contributed by atoms with Crippen LogP contribution in [-0.4, -0.2) is 16.5 Å². The van der Waals surface area contributed by atoms with Crippen molar-refractivity contribution in [2.45, 2.75) is 12.5 Å². The number of nitrogens with zero attached hydrogens (tertiary/aromatic N) is 2. The maximum Gasteiger partial charge on any atom is 0.193 e. The van der Waals surface area contributed by atoms with Crippen molar-refractivity contribution in [3.05, 3.63) is 51.7 Å². The Morgan fingerprint density at radius 1 is 1.50 bits per heavy atom. The summed E-state index contributed by atoms with van der Waals surface area (Å²) in [7, 11) is 1.65. The lowest BCUT2D eigenvalue weighted by atomic mass is 10.0. The molecule has 0 aliphatic carbocycles. The van der Waals surface area contributed by atoms with Crippen LogP contribution in [0.15, 0.2) is 40.4 Å². The minimum atomic E-state index is -0.121. The van der Waals surface area contributed by atoms with Gasteiger partial charge in [-0.05, 0) is 23.8 Å². The third kappa shape index (κ3) is 2.59. The van der Waals surface area contributed by atoms with Gasteiger partial charge in [0.05, 0.1) is 12.8 Å². The summed E-state index contributed by atoms with van der Waals surface area (Å²) in [5, 5.41) is 2.02. The van der Waals surface area contributed by atoms with Gasteiger partial charge in [-0.2, -0.15) is 0 Å². The van der Waals surface area contributed by atoms with Crippen molar-refractivity contribution in [3.8, 4) is 5.75 Å².